The van der Waals surface area contributed by atoms with Gasteiger partial charge in [0.2, 0.25) is 6.79 Å². The minimum absolute atomic E-state index is 0.258. The second-order valence-electron chi connectivity index (χ2n) is 5.70. The van der Waals surface area contributed by atoms with Gasteiger partial charge in [0.25, 0.3) is 0 Å². The van der Waals surface area contributed by atoms with Crippen LogP contribution in [-0.2, 0) is 0 Å². The molecule has 0 aromatic heterocycles. The van der Waals surface area contributed by atoms with Gasteiger partial charge in [-0.15, -0.1) is 0 Å². The van der Waals surface area contributed by atoms with Gasteiger partial charge in [0.1, 0.15) is 0 Å². The van der Waals surface area contributed by atoms with Crippen LogP contribution in [0.15, 0.2) is 16.6 Å². The number of hydrogen-bond donors (Lipinski definition) is 1. The number of aliphatic hydroxyl groups is 1. The van der Waals surface area contributed by atoms with Gasteiger partial charge in [0.15, 0.2) is 11.5 Å². The van der Waals surface area contributed by atoms with E-state index in [0.717, 1.165) is 40.3 Å². The van der Waals surface area contributed by atoms with Crippen LogP contribution in [0.3, 0.4) is 0 Å². The zero-order valence-corrected chi connectivity index (χ0v) is 12.6. The van der Waals surface area contributed by atoms with Gasteiger partial charge in [-0.05, 0) is 58.3 Å². The molecule has 1 atom stereocenters. The number of benzene rings is 1. The maximum absolute atomic E-state index is 10.6. The molecule has 1 saturated carbocycles. The monoisotopic (exact) mass is 326 g/mol. The second-order valence-corrected chi connectivity index (χ2v) is 6.56. The molecule has 1 N–H and O–H groups in total. The Morgan fingerprint density at radius 3 is 2.68 bits per heavy atom. The summed E-state index contributed by atoms with van der Waals surface area (Å²) in [5.41, 5.74) is 0.927. The van der Waals surface area contributed by atoms with Crippen LogP contribution in [0.5, 0.6) is 11.5 Å². The Hall–Kier alpha value is -0.740. The summed E-state index contributed by atoms with van der Waals surface area (Å²) in [6.45, 7) is 2.55. The first-order chi connectivity index (χ1) is 9.15. The third-order valence-corrected chi connectivity index (χ3v) is 4.89. The number of halogens is 1. The van der Waals surface area contributed by atoms with Crippen molar-refractivity contribution in [2.45, 2.75) is 38.7 Å². The molecule has 19 heavy (non-hydrogen) atoms. The summed E-state index contributed by atoms with van der Waals surface area (Å²) in [6, 6.07) is 3.87. The predicted molar refractivity (Wildman–Crippen MR) is 76.3 cm³/mol. The lowest BCUT2D eigenvalue weighted by Crippen LogP contribution is -2.19. The lowest BCUT2D eigenvalue weighted by molar-refractivity contribution is 0.0753. The number of ether oxygens (including phenoxy) is 2. The molecule has 104 valence electrons. The van der Waals surface area contributed by atoms with E-state index in [4.69, 9.17) is 9.47 Å². The Kier molecular flexibility index (Phi) is 3.72. The van der Waals surface area contributed by atoms with Crippen molar-refractivity contribution in [3.63, 3.8) is 0 Å². The SMILES string of the molecule is CC1CCC(C(O)c2cc(Br)c3c(c2)OCO3)CC1. The zero-order valence-electron chi connectivity index (χ0n) is 11.1. The average molecular weight is 327 g/mol. The topological polar surface area (TPSA) is 38.7 Å². The molecular weight excluding hydrogens is 308 g/mol. The standard InChI is InChI=1S/C15H19BrO3/c1-9-2-4-10(5-3-9)14(17)11-6-12(16)15-13(7-11)18-8-19-15/h6-7,9-10,14,17H,2-5,8H2,1H3. The Bertz CT molecular complexity index is 467. The van der Waals surface area contributed by atoms with Crippen molar-refractivity contribution in [2.75, 3.05) is 6.79 Å². The fraction of sp³-hybridized carbons (Fsp3) is 0.600. The highest BCUT2D eigenvalue weighted by Crippen LogP contribution is 2.44. The molecule has 0 radical (unpaired) electrons. The fourth-order valence-electron chi connectivity index (χ4n) is 3.03. The van der Waals surface area contributed by atoms with E-state index >= 15 is 0 Å². The van der Waals surface area contributed by atoms with Gasteiger partial charge in [-0.3, -0.25) is 0 Å². The number of rotatable bonds is 2. The minimum Gasteiger partial charge on any atom is -0.454 e. The summed E-state index contributed by atoms with van der Waals surface area (Å²) in [5.74, 6) is 2.64. The molecule has 1 unspecified atom stereocenters. The van der Waals surface area contributed by atoms with Crippen LogP contribution in [0.4, 0.5) is 0 Å². The molecule has 1 fully saturated rings. The molecule has 0 amide bonds. The largest absolute Gasteiger partial charge is 0.454 e. The molecule has 1 heterocycles. The van der Waals surface area contributed by atoms with Crippen LogP contribution in [0.25, 0.3) is 0 Å². The van der Waals surface area contributed by atoms with E-state index in [1.54, 1.807) is 0 Å². The quantitative estimate of drug-likeness (QED) is 0.891. The van der Waals surface area contributed by atoms with Gasteiger partial charge in [-0.2, -0.15) is 0 Å². The molecule has 1 aromatic carbocycles. The Morgan fingerprint density at radius 1 is 1.21 bits per heavy atom. The van der Waals surface area contributed by atoms with Crippen LogP contribution in [-0.4, -0.2) is 11.9 Å². The zero-order chi connectivity index (χ0) is 13.4. The molecule has 4 heteroatoms. The average Bonchev–Trinajstić information content (AvgIpc) is 2.87. The maximum atomic E-state index is 10.6. The van der Waals surface area contributed by atoms with E-state index < -0.39 is 6.10 Å². The van der Waals surface area contributed by atoms with Crippen LogP contribution in [0.1, 0.15) is 44.3 Å². The molecule has 0 spiro atoms. The van der Waals surface area contributed by atoms with Gasteiger partial charge >= 0.3 is 0 Å². The van der Waals surface area contributed by atoms with Crippen molar-refractivity contribution < 1.29 is 14.6 Å². The van der Waals surface area contributed by atoms with Gasteiger partial charge in [0.05, 0.1) is 10.6 Å². The molecule has 1 aliphatic carbocycles. The van der Waals surface area contributed by atoms with Crippen molar-refractivity contribution >= 4 is 15.9 Å². The van der Waals surface area contributed by atoms with Gasteiger partial charge in [-0.25, -0.2) is 0 Å². The Labute approximate surface area is 122 Å². The first-order valence-corrected chi connectivity index (χ1v) is 7.71. The van der Waals surface area contributed by atoms with E-state index in [1.165, 1.54) is 12.8 Å². The van der Waals surface area contributed by atoms with Crippen molar-refractivity contribution in [3.05, 3.63) is 22.2 Å². The smallest absolute Gasteiger partial charge is 0.231 e. The molecule has 0 bridgehead atoms. The number of hydrogen-bond acceptors (Lipinski definition) is 3. The van der Waals surface area contributed by atoms with Crippen molar-refractivity contribution in [3.8, 4) is 11.5 Å². The van der Waals surface area contributed by atoms with E-state index in [1.807, 2.05) is 12.1 Å². The molecule has 3 nitrogen and oxygen atoms in total. The van der Waals surface area contributed by atoms with Crippen LogP contribution in [0.2, 0.25) is 0 Å². The first-order valence-electron chi connectivity index (χ1n) is 6.92. The summed E-state index contributed by atoms with van der Waals surface area (Å²) >= 11 is 3.48. The Morgan fingerprint density at radius 2 is 1.95 bits per heavy atom. The van der Waals surface area contributed by atoms with Crippen molar-refractivity contribution in [2.24, 2.45) is 11.8 Å². The molecular formula is C15H19BrO3. The first kappa shape index (κ1) is 13.3. The van der Waals surface area contributed by atoms with E-state index in [0.29, 0.717) is 5.92 Å². The number of fused-ring (bicyclic) bond motifs is 1. The highest BCUT2D eigenvalue weighted by atomic mass is 79.9. The van der Waals surface area contributed by atoms with Gasteiger partial charge in [-0.1, -0.05) is 19.8 Å². The molecule has 1 aliphatic heterocycles. The highest BCUT2D eigenvalue weighted by molar-refractivity contribution is 9.10. The normalized spacial score (nSPS) is 27.3. The van der Waals surface area contributed by atoms with Crippen LogP contribution >= 0.6 is 15.9 Å². The van der Waals surface area contributed by atoms with E-state index in [2.05, 4.69) is 22.9 Å². The summed E-state index contributed by atoms with van der Waals surface area (Å²) < 4.78 is 11.6. The maximum Gasteiger partial charge on any atom is 0.231 e. The summed E-state index contributed by atoms with van der Waals surface area (Å²) in [6.07, 6.45) is 4.24. The molecule has 0 saturated heterocycles. The Balaban J connectivity index is 1.80. The van der Waals surface area contributed by atoms with E-state index in [-0.39, 0.29) is 6.79 Å². The summed E-state index contributed by atoms with van der Waals surface area (Å²) in [5, 5.41) is 10.6. The van der Waals surface area contributed by atoms with E-state index in [9.17, 15) is 5.11 Å². The fourth-order valence-corrected chi connectivity index (χ4v) is 3.61. The molecule has 1 aromatic rings. The highest BCUT2D eigenvalue weighted by Gasteiger charge is 2.28. The lowest BCUT2D eigenvalue weighted by atomic mass is 9.78. The minimum atomic E-state index is -0.404. The van der Waals surface area contributed by atoms with Crippen LogP contribution in [0, 0.1) is 11.8 Å². The predicted octanol–water partition coefficient (Wildman–Crippen LogP) is 4.04. The van der Waals surface area contributed by atoms with Crippen LogP contribution < -0.4 is 9.47 Å². The number of aliphatic hydroxyl groups excluding tert-OH is 1. The van der Waals surface area contributed by atoms with Gasteiger partial charge in [0, 0.05) is 0 Å². The third kappa shape index (κ3) is 2.61. The third-order valence-electron chi connectivity index (χ3n) is 4.30. The van der Waals surface area contributed by atoms with Crippen molar-refractivity contribution in [1.82, 2.24) is 0 Å². The molecule has 3 rings (SSSR count). The van der Waals surface area contributed by atoms with Crippen molar-refractivity contribution in [1.29, 1.82) is 0 Å². The molecule has 2 aliphatic rings. The summed E-state index contributed by atoms with van der Waals surface area (Å²) in [7, 11) is 0. The summed E-state index contributed by atoms with van der Waals surface area (Å²) in [4.78, 5) is 0. The van der Waals surface area contributed by atoms with Gasteiger partial charge < -0.3 is 14.6 Å². The lowest BCUT2D eigenvalue weighted by Gasteiger charge is -2.30. The second kappa shape index (κ2) is 5.33.